The standard InChI is InChI=1S/C44H69NO12/c1-10-13-31-19-25(2)18-26(3)20-37(54-8)40-38(55-9)22-28(5)44(52,57-40)41(49)42(50)45-17-12-11-14-32(45)43(51)56-39(29(6)34(47)24-35(31)48)27(4)21-30-15-16-33(46)36(23-30)53-7/h10,19,21,26,28-34,36-40,46-47,52H,1,11-18,20,22-24H2,2-9H3/b25-19+,27-21+/t26-,28+,29+,30-,31+,32?,33+,34-,36+,37-,38-,39+,40+,44+/m0/s1/i7D3. The largest absolute Gasteiger partial charge is 0.456 e. The molecule has 2 bridgehead atoms. The fraction of sp³-hybridized carbons (Fsp3) is 0.773. The predicted octanol–water partition coefficient (Wildman–Crippen LogP) is 4.64. The zero-order valence-corrected chi connectivity index (χ0v) is 34.9. The lowest BCUT2D eigenvalue weighted by molar-refractivity contribution is -0.302. The number of hydrogen-bond donors (Lipinski definition) is 3. The maximum Gasteiger partial charge on any atom is 0.329 e. The van der Waals surface area contributed by atoms with Gasteiger partial charge in [0, 0.05) is 52.0 Å². The Morgan fingerprint density at radius 3 is 2.35 bits per heavy atom. The molecule has 4 aliphatic rings. The van der Waals surface area contributed by atoms with Gasteiger partial charge >= 0.3 is 5.97 Å². The van der Waals surface area contributed by atoms with Crippen molar-refractivity contribution >= 4 is 23.4 Å². The van der Waals surface area contributed by atoms with Crippen LogP contribution in [-0.2, 0) is 42.9 Å². The number of Topliss-reactive ketones (excluding diaryl/α,β-unsaturated/α-hetero) is 2. The molecule has 4 rings (SSSR count). The van der Waals surface area contributed by atoms with Crippen LogP contribution in [0.5, 0.6) is 0 Å². The number of methoxy groups -OCH3 is 3. The third-order valence-electron chi connectivity index (χ3n) is 12.7. The van der Waals surface area contributed by atoms with E-state index in [0.29, 0.717) is 44.1 Å². The van der Waals surface area contributed by atoms with Crippen LogP contribution in [0.1, 0.15) is 109 Å². The quantitative estimate of drug-likeness (QED) is 0.185. The molecule has 0 spiro atoms. The molecule has 1 aliphatic carbocycles. The number of cyclic esters (lactones) is 1. The van der Waals surface area contributed by atoms with Gasteiger partial charge in [-0.3, -0.25) is 14.4 Å². The first-order chi connectivity index (χ1) is 28.1. The van der Waals surface area contributed by atoms with Crippen molar-refractivity contribution in [2.24, 2.45) is 29.6 Å². The van der Waals surface area contributed by atoms with E-state index in [0.717, 1.165) is 10.5 Å². The van der Waals surface area contributed by atoms with Crippen LogP contribution in [0.15, 0.2) is 36.0 Å². The monoisotopic (exact) mass is 807 g/mol. The molecule has 3 heterocycles. The SMILES string of the molecule is [2H]C([2H])([2H])O[C@@H]1C[C@H](/C=C(\C)[C@H]2OC(=O)C3CCCCN3C(=O)C(=O)[C@]3(O)O[C@H]([C@@H](OC)C[C@@H](C)C/C(C)=C/[C@@H](CC=C)C(=O)C[C@H](O)[C@H]2C)[C@@H](OC)C[C@H]3C)CC[C@H]1O. The number of amides is 1. The van der Waals surface area contributed by atoms with Crippen molar-refractivity contribution in [1.29, 1.82) is 0 Å². The average molecular weight is 807 g/mol. The van der Waals surface area contributed by atoms with Crippen molar-refractivity contribution in [2.75, 3.05) is 27.8 Å². The molecule has 3 fully saturated rings. The van der Waals surface area contributed by atoms with Gasteiger partial charge in [0.2, 0.25) is 5.79 Å². The normalized spacial score (nSPS) is 42.0. The Kier molecular flexibility index (Phi) is 15.6. The number of aliphatic hydroxyl groups is 3. The minimum atomic E-state index is -2.72. The third kappa shape index (κ3) is 11.3. The molecule has 13 heteroatoms. The Hall–Kier alpha value is -2.78. The highest BCUT2D eigenvalue weighted by atomic mass is 16.7. The number of aliphatic hydroxyl groups excluding tert-OH is 2. The van der Waals surface area contributed by atoms with Crippen molar-refractivity contribution in [3.8, 4) is 0 Å². The van der Waals surface area contributed by atoms with E-state index in [2.05, 4.69) is 6.58 Å². The Balaban J connectivity index is 1.78. The summed E-state index contributed by atoms with van der Waals surface area (Å²) in [6.07, 6.45) is 2.23. The van der Waals surface area contributed by atoms with Crippen molar-refractivity contribution in [2.45, 2.75) is 160 Å². The molecule has 1 saturated carbocycles. The number of fused-ring (bicyclic) bond motifs is 3. The van der Waals surface area contributed by atoms with Crippen LogP contribution >= 0.6 is 0 Å². The van der Waals surface area contributed by atoms with Crippen LogP contribution < -0.4 is 0 Å². The number of carbonyl (C=O) groups is 4. The third-order valence-corrected chi connectivity index (χ3v) is 12.7. The number of piperidine rings is 1. The molecule has 14 atom stereocenters. The fourth-order valence-electron chi connectivity index (χ4n) is 9.30. The summed E-state index contributed by atoms with van der Waals surface area (Å²) in [6.45, 7) is 12.8. The number of ketones is 2. The molecule has 0 aromatic heterocycles. The average Bonchev–Trinajstić information content (AvgIpc) is 3.19. The highest BCUT2D eigenvalue weighted by Crippen LogP contribution is 2.39. The van der Waals surface area contributed by atoms with E-state index in [1.165, 1.54) is 14.2 Å². The first-order valence-corrected chi connectivity index (χ1v) is 20.7. The van der Waals surface area contributed by atoms with Crippen molar-refractivity contribution in [3.63, 3.8) is 0 Å². The van der Waals surface area contributed by atoms with Gasteiger partial charge in [0.1, 0.15) is 24.0 Å². The molecule has 0 aromatic rings. The zero-order chi connectivity index (χ0) is 44.7. The van der Waals surface area contributed by atoms with Crippen molar-refractivity contribution in [3.05, 3.63) is 36.0 Å². The molecule has 1 unspecified atom stereocenters. The molecular formula is C44H69NO12. The van der Waals surface area contributed by atoms with E-state index in [1.54, 1.807) is 26.8 Å². The lowest BCUT2D eigenvalue weighted by Gasteiger charge is -2.47. The van der Waals surface area contributed by atoms with E-state index in [9.17, 15) is 34.5 Å². The van der Waals surface area contributed by atoms with E-state index in [1.807, 2.05) is 26.0 Å². The van der Waals surface area contributed by atoms with Gasteiger partial charge in [0.05, 0.1) is 34.6 Å². The van der Waals surface area contributed by atoms with Crippen LogP contribution in [0.4, 0.5) is 0 Å². The first-order valence-electron chi connectivity index (χ1n) is 22.2. The van der Waals surface area contributed by atoms with Gasteiger partial charge in [-0.2, -0.15) is 0 Å². The van der Waals surface area contributed by atoms with Gasteiger partial charge in [-0.25, -0.2) is 4.79 Å². The summed E-state index contributed by atoms with van der Waals surface area (Å²) in [5, 5.41) is 34.3. The molecule has 3 aliphatic heterocycles. The topological polar surface area (TPSA) is 178 Å². The number of carbonyl (C=O) groups excluding carboxylic acids is 4. The summed E-state index contributed by atoms with van der Waals surface area (Å²) in [4.78, 5) is 57.9. The zero-order valence-electron chi connectivity index (χ0n) is 37.9. The highest BCUT2D eigenvalue weighted by Gasteiger charge is 2.56. The molecule has 3 N–H and O–H groups in total. The van der Waals surface area contributed by atoms with Crippen LogP contribution in [0.3, 0.4) is 0 Å². The lowest BCUT2D eigenvalue weighted by Crippen LogP contribution is -2.64. The second kappa shape index (κ2) is 21.0. The van der Waals surface area contributed by atoms with Gasteiger partial charge in [-0.1, -0.05) is 44.6 Å². The van der Waals surface area contributed by atoms with E-state index >= 15 is 0 Å². The van der Waals surface area contributed by atoms with Crippen LogP contribution in [0, 0.1) is 29.6 Å². The van der Waals surface area contributed by atoms with Crippen LogP contribution in [-0.4, -0.2) is 126 Å². The van der Waals surface area contributed by atoms with E-state index in [4.69, 9.17) is 27.8 Å². The second-order valence-corrected chi connectivity index (χ2v) is 17.2. The second-order valence-electron chi connectivity index (χ2n) is 17.2. The molecule has 13 nitrogen and oxygen atoms in total. The smallest absolute Gasteiger partial charge is 0.329 e. The molecule has 322 valence electrons. The van der Waals surface area contributed by atoms with Gasteiger partial charge < -0.3 is 43.9 Å². The fourth-order valence-corrected chi connectivity index (χ4v) is 9.30. The maximum absolute atomic E-state index is 14.4. The molecule has 1 amide bonds. The maximum atomic E-state index is 14.4. The molecule has 2 saturated heterocycles. The Bertz CT molecular complexity index is 1580. The van der Waals surface area contributed by atoms with E-state index < -0.39 is 97.0 Å². The van der Waals surface area contributed by atoms with Gasteiger partial charge in [0.25, 0.3) is 11.7 Å². The Labute approximate surface area is 343 Å². The molecule has 57 heavy (non-hydrogen) atoms. The molecular weight excluding hydrogens is 734 g/mol. The number of rotatable bonds is 7. The number of ether oxygens (including phenoxy) is 5. The minimum absolute atomic E-state index is 0.0215. The summed E-state index contributed by atoms with van der Waals surface area (Å²) in [5.74, 6) is -8.51. The summed E-state index contributed by atoms with van der Waals surface area (Å²) in [7, 11) is 0.295. The first kappa shape index (κ1) is 42.3. The Morgan fingerprint density at radius 1 is 0.982 bits per heavy atom. The number of esters is 1. The van der Waals surface area contributed by atoms with E-state index in [-0.39, 0.29) is 56.3 Å². The van der Waals surface area contributed by atoms with Crippen molar-refractivity contribution < 1.29 is 62.3 Å². The van der Waals surface area contributed by atoms with Gasteiger partial charge in [-0.15, -0.1) is 6.58 Å². The number of nitrogens with zero attached hydrogens (tertiary/aromatic N) is 1. The van der Waals surface area contributed by atoms with Gasteiger partial charge in [0.15, 0.2) is 0 Å². The highest BCUT2D eigenvalue weighted by molar-refractivity contribution is 6.39. The summed E-state index contributed by atoms with van der Waals surface area (Å²) in [5.41, 5.74) is 1.43. The van der Waals surface area contributed by atoms with Crippen LogP contribution in [0.25, 0.3) is 0 Å². The molecule has 0 radical (unpaired) electrons. The lowest BCUT2D eigenvalue weighted by atomic mass is 9.81. The molecule has 0 aromatic carbocycles. The predicted molar refractivity (Wildman–Crippen MR) is 213 cm³/mol. The summed E-state index contributed by atoms with van der Waals surface area (Å²) < 4.78 is 52.1. The number of allylic oxidation sites excluding steroid dienone is 4. The summed E-state index contributed by atoms with van der Waals surface area (Å²) in [6, 6.07) is -1.21. The Morgan fingerprint density at radius 2 is 1.68 bits per heavy atom. The number of hydrogen-bond acceptors (Lipinski definition) is 12. The van der Waals surface area contributed by atoms with Crippen molar-refractivity contribution in [1.82, 2.24) is 4.90 Å². The summed E-state index contributed by atoms with van der Waals surface area (Å²) >= 11 is 0. The van der Waals surface area contributed by atoms with Gasteiger partial charge in [-0.05, 0) is 95.5 Å². The minimum Gasteiger partial charge on any atom is -0.456 e. The van der Waals surface area contributed by atoms with Crippen LogP contribution in [0.2, 0.25) is 0 Å².